The average Bonchev–Trinajstić information content (AvgIpc) is 2.58. The maximum Gasteiger partial charge on any atom is 0.220 e. The van der Waals surface area contributed by atoms with E-state index in [4.69, 9.17) is 0 Å². The molecule has 0 aromatic heterocycles. The molecule has 0 saturated carbocycles. The Kier molecular flexibility index (Phi) is 13.5. The summed E-state index contributed by atoms with van der Waals surface area (Å²) >= 11 is 0. The number of Topliss-reactive ketones (excluding diaryl/α,β-unsaturated/α-hetero) is 1. The van der Waals surface area contributed by atoms with E-state index >= 15 is 0 Å². The molecule has 0 heterocycles. The van der Waals surface area contributed by atoms with Crippen molar-refractivity contribution in [3.63, 3.8) is 0 Å². The van der Waals surface area contributed by atoms with E-state index in [9.17, 15) is 19.2 Å². The number of nitrogens with one attached hydrogen (secondary N) is 3. The molecule has 0 spiro atoms. The Labute approximate surface area is 144 Å². The summed E-state index contributed by atoms with van der Waals surface area (Å²) in [6.45, 7) is 5.35. The third-order valence-corrected chi connectivity index (χ3v) is 3.40. The quantitative estimate of drug-likeness (QED) is 0.411. The molecule has 0 aliphatic heterocycles. The van der Waals surface area contributed by atoms with Gasteiger partial charge in [0, 0.05) is 51.7 Å². The molecule has 0 aliphatic rings. The van der Waals surface area contributed by atoms with Crippen LogP contribution in [0.15, 0.2) is 0 Å². The second-order valence-corrected chi connectivity index (χ2v) is 5.65. The van der Waals surface area contributed by atoms with Crippen molar-refractivity contribution in [1.29, 1.82) is 0 Å². The van der Waals surface area contributed by atoms with Crippen molar-refractivity contribution < 1.29 is 19.2 Å². The van der Waals surface area contributed by atoms with Crippen molar-refractivity contribution in [3.05, 3.63) is 0 Å². The smallest absolute Gasteiger partial charge is 0.220 e. The van der Waals surface area contributed by atoms with Crippen LogP contribution in [-0.4, -0.2) is 43.1 Å². The summed E-state index contributed by atoms with van der Waals surface area (Å²) in [6.07, 6.45) is 3.75. The van der Waals surface area contributed by atoms with Crippen LogP contribution < -0.4 is 16.0 Å². The summed E-state index contributed by atoms with van der Waals surface area (Å²) in [5, 5.41) is 8.23. The SMILES string of the molecule is CCCNC(=O)CCCNC(=O)CCCNC(=O)CCC(=O)CC. The van der Waals surface area contributed by atoms with E-state index in [0.29, 0.717) is 51.7 Å². The lowest BCUT2D eigenvalue weighted by Crippen LogP contribution is -2.29. The number of carbonyl (C=O) groups excluding carboxylic acids is 4. The van der Waals surface area contributed by atoms with Gasteiger partial charge in [0.05, 0.1) is 0 Å². The molecule has 138 valence electrons. The summed E-state index contributed by atoms with van der Waals surface area (Å²) in [7, 11) is 0. The first-order valence-electron chi connectivity index (χ1n) is 8.81. The van der Waals surface area contributed by atoms with Gasteiger partial charge in [0.1, 0.15) is 5.78 Å². The molecule has 0 atom stereocenters. The van der Waals surface area contributed by atoms with Gasteiger partial charge in [0.2, 0.25) is 17.7 Å². The fourth-order valence-electron chi connectivity index (χ4n) is 1.91. The minimum atomic E-state index is -0.157. The number of hydrogen-bond acceptors (Lipinski definition) is 4. The lowest BCUT2D eigenvalue weighted by atomic mass is 10.2. The van der Waals surface area contributed by atoms with Gasteiger partial charge in [0.25, 0.3) is 0 Å². The molecule has 0 aromatic rings. The molecule has 3 N–H and O–H groups in total. The van der Waals surface area contributed by atoms with Crippen molar-refractivity contribution >= 4 is 23.5 Å². The highest BCUT2D eigenvalue weighted by atomic mass is 16.2. The lowest BCUT2D eigenvalue weighted by Gasteiger charge is -2.07. The highest BCUT2D eigenvalue weighted by Crippen LogP contribution is 1.95. The molecule has 0 bridgehead atoms. The zero-order valence-corrected chi connectivity index (χ0v) is 14.9. The van der Waals surface area contributed by atoms with E-state index in [1.807, 2.05) is 6.92 Å². The number of hydrogen-bond donors (Lipinski definition) is 3. The highest BCUT2D eigenvalue weighted by Gasteiger charge is 2.06. The van der Waals surface area contributed by atoms with Gasteiger partial charge in [0.15, 0.2) is 0 Å². The molecule has 0 unspecified atom stereocenters. The maximum absolute atomic E-state index is 11.6. The molecule has 0 rings (SSSR count). The third kappa shape index (κ3) is 13.7. The second-order valence-electron chi connectivity index (χ2n) is 5.65. The van der Waals surface area contributed by atoms with E-state index in [-0.39, 0.29) is 36.3 Å². The minimum Gasteiger partial charge on any atom is -0.356 e. The largest absolute Gasteiger partial charge is 0.356 e. The van der Waals surface area contributed by atoms with Gasteiger partial charge in [-0.2, -0.15) is 0 Å². The van der Waals surface area contributed by atoms with E-state index in [1.165, 1.54) is 0 Å². The van der Waals surface area contributed by atoms with Gasteiger partial charge in [-0.25, -0.2) is 0 Å². The van der Waals surface area contributed by atoms with Crippen molar-refractivity contribution in [1.82, 2.24) is 16.0 Å². The number of carbonyl (C=O) groups is 4. The maximum atomic E-state index is 11.6. The van der Waals surface area contributed by atoms with Gasteiger partial charge in [-0.15, -0.1) is 0 Å². The summed E-state index contributed by atoms with van der Waals surface area (Å²) in [4.78, 5) is 45.5. The van der Waals surface area contributed by atoms with Crippen LogP contribution in [0, 0.1) is 0 Å². The zero-order chi connectivity index (χ0) is 18.2. The average molecular weight is 341 g/mol. The van der Waals surface area contributed by atoms with Crippen molar-refractivity contribution in [2.45, 2.75) is 65.2 Å². The topological polar surface area (TPSA) is 104 Å². The van der Waals surface area contributed by atoms with Crippen LogP contribution in [0.1, 0.15) is 65.2 Å². The molecule has 0 radical (unpaired) electrons. The third-order valence-electron chi connectivity index (χ3n) is 3.40. The van der Waals surface area contributed by atoms with Crippen LogP contribution in [0.3, 0.4) is 0 Å². The van der Waals surface area contributed by atoms with Gasteiger partial charge in [-0.1, -0.05) is 13.8 Å². The molecule has 0 fully saturated rings. The van der Waals surface area contributed by atoms with Crippen LogP contribution >= 0.6 is 0 Å². The van der Waals surface area contributed by atoms with Crippen molar-refractivity contribution in [2.24, 2.45) is 0 Å². The van der Waals surface area contributed by atoms with Crippen molar-refractivity contribution in [2.75, 3.05) is 19.6 Å². The van der Waals surface area contributed by atoms with Crippen LogP contribution in [-0.2, 0) is 19.2 Å². The molecular formula is C17H31N3O4. The molecule has 0 aliphatic carbocycles. The first kappa shape index (κ1) is 22.1. The lowest BCUT2D eigenvalue weighted by molar-refractivity contribution is -0.125. The second kappa shape index (κ2) is 14.7. The Morgan fingerprint density at radius 1 is 0.625 bits per heavy atom. The Morgan fingerprint density at radius 3 is 1.54 bits per heavy atom. The Bertz CT molecular complexity index is 411. The van der Waals surface area contributed by atoms with Crippen molar-refractivity contribution in [3.8, 4) is 0 Å². The molecule has 3 amide bonds. The van der Waals surface area contributed by atoms with E-state index in [1.54, 1.807) is 6.92 Å². The molecule has 7 nitrogen and oxygen atoms in total. The fourth-order valence-corrected chi connectivity index (χ4v) is 1.91. The monoisotopic (exact) mass is 341 g/mol. The summed E-state index contributed by atoms with van der Waals surface area (Å²) < 4.78 is 0. The summed E-state index contributed by atoms with van der Waals surface area (Å²) in [5.74, 6) is -0.155. The number of rotatable bonds is 14. The Balaban J connectivity index is 3.51. The van der Waals surface area contributed by atoms with Crippen LogP contribution in [0.5, 0.6) is 0 Å². The van der Waals surface area contributed by atoms with Crippen LogP contribution in [0.2, 0.25) is 0 Å². The predicted octanol–water partition coefficient (Wildman–Crippen LogP) is 1.06. The van der Waals surface area contributed by atoms with E-state index < -0.39 is 0 Å². The minimum absolute atomic E-state index is 0.00960. The molecule has 24 heavy (non-hydrogen) atoms. The summed E-state index contributed by atoms with van der Waals surface area (Å²) in [6, 6.07) is 0. The molecule has 7 heteroatoms. The molecular weight excluding hydrogens is 310 g/mol. The molecule has 0 saturated heterocycles. The highest BCUT2D eigenvalue weighted by molar-refractivity contribution is 5.84. The number of amides is 3. The van der Waals surface area contributed by atoms with Gasteiger partial charge >= 0.3 is 0 Å². The van der Waals surface area contributed by atoms with Crippen LogP contribution in [0.4, 0.5) is 0 Å². The van der Waals surface area contributed by atoms with E-state index in [2.05, 4.69) is 16.0 Å². The summed E-state index contributed by atoms with van der Waals surface area (Å²) in [5.41, 5.74) is 0. The Morgan fingerprint density at radius 2 is 1.08 bits per heavy atom. The number of ketones is 1. The van der Waals surface area contributed by atoms with Crippen LogP contribution in [0.25, 0.3) is 0 Å². The van der Waals surface area contributed by atoms with Gasteiger partial charge in [-0.3, -0.25) is 19.2 Å². The molecule has 0 aromatic carbocycles. The predicted molar refractivity (Wildman–Crippen MR) is 92.3 cm³/mol. The Hall–Kier alpha value is -1.92. The first-order chi connectivity index (χ1) is 11.5. The zero-order valence-electron chi connectivity index (χ0n) is 14.9. The van der Waals surface area contributed by atoms with Gasteiger partial charge in [-0.05, 0) is 19.3 Å². The van der Waals surface area contributed by atoms with Gasteiger partial charge < -0.3 is 16.0 Å². The normalized spacial score (nSPS) is 10.1. The van der Waals surface area contributed by atoms with E-state index in [0.717, 1.165) is 6.42 Å². The first-order valence-corrected chi connectivity index (χ1v) is 8.81. The fraction of sp³-hybridized carbons (Fsp3) is 0.765. The standard InChI is InChI=1S/C17H31N3O4/c1-3-11-18-15(22)7-5-12-19-16(23)8-6-13-20-17(24)10-9-14(21)4-2/h3-13H2,1-2H3,(H,18,22)(H,19,23)(H,20,24).